The van der Waals surface area contributed by atoms with E-state index < -0.39 is 6.04 Å². The monoisotopic (exact) mass is 477 g/mol. The number of carbonyl (C=O) groups excluding carboxylic acids is 2. The molecule has 1 aromatic carbocycles. The highest BCUT2D eigenvalue weighted by atomic mass is 16.3. The van der Waals surface area contributed by atoms with Crippen LogP contribution in [0.1, 0.15) is 60.4 Å². The van der Waals surface area contributed by atoms with E-state index in [2.05, 4.69) is 20.9 Å². The van der Waals surface area contributed by atoms with E-state index in [4.69, 9.17) is 20.8 Å². The maximum Gasteiger partial charge on any atom is 0.253 e. The Morgan fingerprint density at radius 3 is 2.83 bits per heavy atom. The third kappa shape index (κ3) is 4.46. The van der Waals surface area contributed by atoms with Crippen LogP contribution in [0.5, 0.6) is 0 Å². The number of nitrogens with zero attached hydrogens (tertiary/aromatic N) is 2. The van der Waals surface area contributed by atoms with Gasteiger partial charge in [-0.15, -0.1) is 0 Å². The molecular formula is C25H31N7O3. The molecule has 10 heteroatoms. The van der Waals surface area contributed by atoms with Crippen molar-refractivity contribution >= 4 is 28.7 Å². The van der Waals surface area contributed by atoms with Crippen LogP contribution in [0, 0.1) is 6.92 Å². The van der Waals surface area contributed by atoms with Crippen LogP contribution >= 0.6 is 0 Å². The molecule has 4 atom stereocenters. The number of aliphatic hydroxyl groups excluding tert-OH is 1. The van der Waals surface area contributed by atoms with Crippen molar-refractivity contribution in [3.05, 3.63) is 41.2 Å². The number of hydrogen-bond donors (Lipinski definition) is 6. The summed E-state index contributed by atoms with van der Waals surface area (Å²) in [7, 11) is 0. The lowest BCUT2D eigenvalue weighted by molar-refractivity contribution is -0.124. The Labute approximate surface area is 203 Å². The average molecular weight is 478 g/mol. The second kappa shape index (κ2) is 9.27. The van der Waals surface area contributed by atoms with Crippen molar-refractivity contribution in [2.45, 2.75) is 63.7 Å². The number of aliphatic hydroxyl groups is 1. The summed E-state index contributed by atoms with van der Waals surface area (Å²) < 4.78 is 0. The van der Waals surface area contributed by atoms with Gasteiger partial charge in [-0.3, -0.25) is 9.59 Å². The van der Waals surface area contributed by atoms with Crippen LogP contribution in [0.4, 0.5) is 5.82 Å². The van der Waals surface area contributed by atoms with E-state index in [1.54, 1.807) is 0 Å². The Bertz CT molecular complexity index is 1290. The van der Waals surface area contributed by atoms with Gasteiger partial charge in [-0.1, -0.05) is 12.1 Å². The van der Waals surface area contributed by atoms with Gasteiger partial charge in [0.15, 0.2) is 0 Å². The second-order valence-electron chi connectivity index (χ2n) is 9.54. The number of H-pyrrole nitrogens is 1. The Morgan fingerprint density at radius 2 is 2.06 bits per heavy atom. The van der Waals surface area contributed by atoms with Gasteiger partial charge >= 0.3 is 0 Å². The van der Waals surface area contributed by atoms with Crippen molar-refractivity contribution in [3.63, 3.8) is 0 Å². The summed E-state index contributed by atoms with van der Waals surface area (Å²) in [5.74, 6) is 0.308. The number of amides is 2. The molecule has 1 fully saturated rings. The third-order valence-corrected chi connectivity index (χ3v) is 6.93. The minimum absolute atomic E-state index is 0.00919. The molecule has 7 N–H and O–H groups in total. The standard InChI is InChI=1S/C25H31N7O3/c1-12-21-17(24(34)28-12)10-20(31-21)16-7-4-8-19-22(16)32-23(13(2)27-19)29-14-5-3-6-15(9-14)30-25(35)18(26)11-33/h4,7-8,10,12,14-15,18,31,33H,3,5-6,9,11,26H2,1-2H3,(H,28,34)(H,29,32)(H,30,35)/t12?,14-,15+,18?/m0/s1. The second-order valence-corrected chi connectivity index (χ2v) is 9.54. The van der Waals surface area contributed by atoms with Crippen molar-refractivity contribution in [2.24, 2.45) is 5.73 Å². The number of hydrogen-bond acceptors (Lipinski definition) is 7. The fraction of sp³-hybridized carbons (Fsp3) is 0.440. The normalized spacial score (nSPS) is 22.5. The summed E-state index contributed by atoms with van der Waals surface area (Å²) in [6.45, 7) is 3.51. The van der Waals surface area contributed by atoms with Crippen LogP contribution in [-0.4, -0.2) is 56.6 Å². The summed E-state index contributed by atoms with van der Waals surface area (Å²) in [4.78, 5) is 37.5. The highest BCUT2D eigenvalue weighted by Crippen LogP contribution is 2.33. The molecule has 2 aliphatic rings. The van der Waals surface area contributed by atoms with Gasteiger partial charge in [-0.25, -0.2) is 9.97 Å². The Hall–Kier alpha value is -3.50. The van der Waals surface area contributed by atoms with Gasteiger partial charge < -0.3 is 31.8 Å². The summed E-state index contributed by atoms with van der Waals surface area (Å²) in [6, 6.07) is 6.89. The van der Waals surface area contributed by atoms with Crippen molar-refractivity contribution in [3.8, 4) is 11.3 Å². The highest BCUT2D eigenvalue weighted by molar-refractivity contribution is 6.01. The number of nitrogens with one attached hydrogen (secondary N) is 4. The number of rotatable bonds is 6. The molecule has 0 bridgehead atoms. The fourth-order valence-electron chi connectivity index (χ4n) is 5.05. The molecule has 35 heavy (non-hydrogen) atoms. The van der Waals surface area contributed by atoms with E-state index in [0.717, 1.165) is 59.4 Å². The Morgan fingerprint density at radius 1 is 1.26 bits per heavy atom. The molecule has 2 aromatic heterocycles. The first-order valence-electron chi connectivity index (χ1n) is 12.1. The summed E-state index contributed by atoms with van der Waals surface area (Å²) in [5, 5.41) is 18.5. The zero-order valence-electron chi connectivity index (χ0n) is 19.9. The smallest absolute Gasteiger partial charge is 0.253 e. The highest BCUT2D eigenvalue weighted by Gasteiger charge is 2.29. The van der Waals surface area contributed by atoms with Gasteiger partial charge in [-0.05, 0) is 51.7 Å². The molecule has 1 aliphatic heterocycles. The lowest BCUT2D eigenvalue weighted by atomic mass is 9.90. The van der Waals surface area contributed by atoms with E-state index in [-0.39, 0.29) is 36.5 Å². The molecule has 2 amide bonds. The number of fused-ring (bicyclic) bond motifs is 2. The summed E-state index contributed by atoms with van der Waals surface area (Å²) in [6.07, 6.45) is 3.52. The van der Waals surface area contributed by atoms with Gasteiger partial charge in [0.2, 0.25) is 5.91 Å². The van der Waals surface area contributed by atoms with E-state index in [9.17, 15) is 9.59 Å². The molecule has 3 heterocycles. The minimum atomic E-state index is -0.904. The number of nitrogens with two attached hydrogens (primary N) is 1. The van der Waals surface area contributed by atoms with Crippen molar-refractivity contribution in [2.75, 3.05) is 11.9 Å². The first kappa shape index (κ1) is 23.3. The number of aromatic amines is 1. The molecule has 5 rings (SSSR count). The molecule has 1 saturated carbocycles. The fourth-order valence-corrected chi connectivity index (χ4v) is 5.05. The predicted molar refractivity (Wildman–Crippen MR) is 133 cm³/mol. The zero-order chi connectivity index (χ0) is 24.7. The van der Waals surface area contributed by atoms with Crippen LogP contribution in [-0.2, 0) is 4.79 Å². The van der Waals surface area contributed by atoms with Gasteiger partial charge in [0, 0.05) is 23.3 Å². The quantitative estimate of drug-likeness (QED) is 0.316. The van der Waals surface area contributed by atoms with Crippen molar-refractivity contribution < 1.29 is 14.7 Å². The number of para-hydroxylation sites is 1. The minimum Gasteiger partial charge on any atom is -0.394 e. The lowest BCUT2D eigenvalue weighted by Crippen LogP contribution is -2.49. The van der Waals surface area contributed by atoms with Gasteiger partial charge in [0.25, 0.3) is 5.91 Å². The average Bonchev–Trinajstić information content (AvgIpc) is 3.39. The van der Waals surface area contributed by atoms with Gasteiger partial charge in [0.05, 0.1) is 35.1 Å². The maximum atomic E-state index is 12.2. The van der Waals surface area contributed by atoms with E-state index in [0.29, 0.717) is 11.4 Å². The molecular weight excluding hydrogens is 446 g/mol. The van der Waals surface area contributed by atoms with Crippen molar-refractivity contribution in [1.29, 1.82) is 0 Å². The molecule has 10 nitrogen and oxygen atoms in total. The lowest BCUT2D eigenvalue weighted by Gasteiger charge is -2.31. The third-order valence-electron chi connectivity index (χ3n) is 6.93. The molecule has 1 aliphatic carbocycles. The molecule has 2 unspecified atom stereocenters. The molecule has 184 valence electrons. The number of aryl methyl sites for hydroxylation is 1. The number of carbonyl (C=O) groups is 2. The van der Waals surface area contributed by atoms with E-state index in [1.165, 1.54) is 0 Å². The van der Waals surface area contributed by atoms with Crippen molar-refractivity contribution in [1.82, 2.24) is 25.6 Å². The Kier molecular flexibility index (Phi) is 6.16. The molecule has 0 saturated heterocycles. The number of aromatic nitrogens is 3. The number of benzene rings is 1. The molecule has 3 aromatic rings. The van der Waals surface area contributed by atoms with Gasteiger partial charge in [0.1, 0.15) is 17.4 Å². The van der Waals surface area contributed by atoms with Gasteiger partial charge in [-0.2, -0.15) is 0 Å². The summed E-state index contributed by atoms with van der Waals surface area (Å²) in [5.41, 5.74) is 11.3. The van der Waals surface area contributed by atoms with Crippen LogP contribution in [0.15, 0.2) is 24.3 Å². The predicted octanol–water partition coefficient (Wildman–Crippen LogP) is 1.90. The van der Waals surface area contributed by atoms with Crippen LogP contribution in [0.2, 0.25) is 0 Å². The van der Waals surface area contributed by atoms with Crippen LogP contribution < -0.4 is 21.7 Å². The SMILES string of the molecule is Cc1nc2cccc(-c3cc4c([nH]3)C(C)NC4=O)c2nc1N[C@H]1CCC[C@@H](NC(=O)C(N)CO)C1. The zero-order valence-corrected chi connectivity index (χ0v) is 19.9. The topological polar surface area (TPSA) is 158 Å². The maximum absolute atomic E-state index is 12.2. The Balaban J connectivity index is 1.40. The van der Waals surface area contributed by atoms with Crippen LogP contribution in [0.3, 0.4) is 0 Å². The van der Waals surface area contributed by atoms with E-state index >= 15 is 0 Å². The first-order chi connectivity index (χ1) is 16.8. The molecule has 0 spiro atoms. The van der Waals surface area contributed by atoms with Crippen LogP contribution in [0.25, 0.3) is 22.3 Å². The first-order valence-corrected chi connectivity index (χ1v) is 12.1. The largest absolute Gasteiger partial charge is 0.394 e. The molecule has 0 radical (unpaired) electrons. The number of anilines is 1. The summed E-state index contributed by atoms with van der Waals surface area (Å²) >= 11 is 0. The van der Waals surface area contributed by atoms with E-state index in [1.807, 2.05) is 38.1 Å².